The highest BCUT2D eigenvalue weighted by Crippen LogP contribution is 2.56. The Bertz CT molecular complexity index is 1720. The van der Waals surface area contributed by atoms with Gasteiger partial charge >= 0.3 is 0 Å². The van der Waals surface area contributed by atoms with Gasteiger partial charge in [0.25, 0.3) is 0 Å². The number of pyridine rings is 1. The average molecular weight is 454 g/mol. The monoisotopic (exact) mass is 453 g/mol. The summed E-state index contributed by atoms with van der Waals surface area (Å²) in [6, 6.07) is 35.1. The minimum Gasteiger partial charge on any atom is -0.256 e. The second-order valence-electron chi connectivity index (χ2n) is 9.62. The summed E-state index contributed by atoms with van der Waals surface area (Å²) in [5.74, 6) is 0. The second kappa shape index (κ2) is 7.12. The van der Waals surface area contributed by atoms with E-state index in [0.29, 0.717) is 0 Å². The molecule has 0 amide bonds. The molecule has 1 aliphatic carbocycles. The van der Waals surface area contributed by atoms with Crippen LogP contribution in [0.25, 0.3) is 53.7 Å². The Kier molecular flexibility index (Phi) is 4.13. The Morgan fingerprint density at radius 3 is 2.29 bits per heavy atom. The molecule has 1 nitrogen and oxygen atoms in total. The zero-order chi connectivity index (χ0) is 22.9. The Hall–Kier alpha value is -3.75. The number of fused-ring (bicyclic) bond motifs is 6. The lowest BCUT2D eigenvalue weighted by atomic mass is 9.81. The van der Waals surface area contributed by atoms with E-state index in [1.165, 1.54) is 53.6 Å². The Morgan fingerprint density at radius 1 is 0.647 bits per heavy atom. The fourth-order valence-corrected chi connectivity index (χ4v) is 6.91. The van der Waals surface area contributed by atoms with Crippen molar-refractivity contribution < 1.29 is 0 Å². The van der Waals surface area contributed by atoms with Crippen molar-refractivity contribution in [1.82, 2.24) is 4.98 Å². The molecule has 7 rings (SSSR count). The van der Waals surface area contributed by atoms with Gasteiger partial charge in [-0.2, -0.15) is 0 Å². The van der Waals surface area contributed by atoms with Gasteiger partial charge in [0.2, 0.25) is 0 Å². The van der Waals surface area contributed by atoms with Crippen molar-refractivity contribution in [1.29, 1.82) is 0 Å². The molecule has 0 spiro atoms. The molecule has 4 aromatic carbocycles. The van der Waals surface area contributed by atoms with Gasteiger partial charge in [-0.25, -0.2) is 0 Å². The van der Waals surface area contributed by atoms with Crippen molar-refractivity contribution in [3.63, 3.8) is 0 Å². The summed E-state index contributed by atoms with van der Waals surface area (Å²) in [4.78, 5) is 4.73. The van der Waals surface area contributed by atoms with Crippen molar-refractivity contribution in [3.8, 4) is 33.5 Å². The second-order valence-corrected chi connectivity index (χ2v) is 10.7. The maximum absolute atomic E-state index is 4.73. The molecule has 1 aliphatic rings. The van der Waals surface area contributed by atoms with Gasteiger partial charge in [-0.15, -0.1) is 11.3 Å². The number of benzene rings is 4. The number of aromatic nitrogens is 1. The largest absolute Gasteiger partial charge is 0.256 e. The van der Waals surface area contributed by atoms with Crippen LogP contribution in [0.4, 0.5) is 0 Å². The summed E-state index contributed by atoms with van der Waals surface area (Å²) in [5, 5.41) is 2.70. The summed E-state index contributed by atoms with van der Waals surface area (Å²) < 4.78 is 2.70. The lowest BCUT2D eigenvalue weighted by Crippen LogP contribution is -2.14. The van der Waals surface area contributed by atoms with Crippen LogP contribution in [-0.2, 0) is 5.41 Å². The van der Waals surface area contributed by atoms with E-state index in [-0.39, 0.29) is 5.41 Å². The highest BCUT2D eigenvalue weighted by Gasteiger charge is 2.38. The van der Waals surface area contributed by atoms with E-state index in [1.807, 2.05) is 17.5 Å². The molecular weight excluding hydrogens is 430 g/mol. The molecule has 34 heavy (non-hydrogen) atoms. The van der Waals surface area contributed by atoms with Gasteiger partial charge in [0, 0.05) is 42.9 Å². The van der Waals surface area contributed by atoms with Gasteiger partial charge in [-0.3, -0.25) is 4.98 Å². The number of thiophene rings is 1. The number of rotatable bonds is 2. The first kappa shape index (κ1) is 19.7. The molecule has 6 aromatic rings. The highest BCUT2D eigenvalue weighted by molar-refractivity contribution is 7.26. The summed E-state index contributed by atoms with van der Waals surface area (Å²) in [7, 11) is 0. The van der Waals surface area contributed by atoms with Gasteiger partial charge in [0.05, 0.1) is 5.69 Å². The number of nitrogens with zero attached hydrogens (tertiary/aromatic N) is 1. The van der Waals surface area contributed by atoms with Crippen molar-refractivity contribution in [2.75, 3.05) is 0 Å². The van der Waals surface area contributed by atoms with Crippen LogP contribution in [0.2, 0.25) is 0 Å². The van der Waals surface area contributed by atoms with Crippen molar-refractivity contribution in [2.45, 2.75) is 19.3 Å². The molecule has 0 radical (unpaired) electrons. The van der Waals surface area contributed by atoms with E-state index in [9.17, 15) is 0 Å². The number of hydrogen-bond donors (Lipinski definition) is 0. The first-order chi connectivity index (χ1) is 16.6. The van der Waals surface area contributed by atoms with Gasteiger partial charge in [0.15, 0.2) is 0 Å². The van der Waals surface area contributed by atoms with Crippen molar-refractivity contribution >= 4 is 31.5 Å². The van der Waals surface area contributed by atoms with Gasteiger partial charge < -0.3 is 0 Å². The first-order valence-corrected chi connectivity index (χ1v) is 12.5. The standard InChI is InChI=1S/C32H23NS/c1-32(2)25-14-8-6-13-23(25)30-26(32)19-24-22-12-7-9-15-28(22)34-31(24)29(30)21-16-17-33-27(18-21)20-10-4-3-5-11-20/h3-19H,1-2H3. The smallest absolute Gasteiger partial charge is 0.0708 e. The molecule has 0 atom stereocenters. The van der Waals surface area contributed by atoms with Gasteiger partial charge in [-0.1, -0.05) is 86.6 Å². The van der Waals surface area contributed by atoms with Crippen LogP contribution in [0.3, 0.4) is 0 Å². The fourth-order valence-electron chi connectivity index (χ4n) is 5.65. The van der Waals surface area contributed by atoms with Crippen LogP contribution in [0.15, 0.2) is 103 Å². The van der Waals surface area contributed by atoms with Gasteiger partial charge in [-0.05, 0) is 52.1 Å². The maximum atomic E-state index is 4.73. The minimum atomic E-state index is -0.0484. The molecule has 0 N–H and O–H groups in total. The van der Waals surface area contributed by atoms with E-state index in [2.05, 4.69) is 111 Å². The molecule has 0 fully saturated rings. The molecule has 0 bridgehead atoms. The topological polar surface area (TPSA) is 12.9 Å². The quantitative estimate of drug-likeness (QED) is 0.255. The summed E-state index contributed by atoms with van der Waals surface area (Å²) in [6.07, 6.45) is 1.96. The average Bonchev–Trinajstić information content (AvgIpc) is 3.36. The van der Waals surface area contributed by atoms with E-state index in [1.54, 1.807) is 0 Å². The van der Waals surface area contributed by atoms with Crippen LogP contribution in [0.1, 0.15) is 25.0 Å². The third-order valence-electron chi connectivity index (χ3n) is 7.33. The molecular formula is C32H23NS. The highest BCUT2D eigenvalue weighted by atomic mass is 32.1. The van der Waals surface area contributed by atoms with Crippen LogP contribution in [0, 0.1) is 0 Å². The van der Waals surface area contributed by atoms with Crippen LogP contribution >= 0.6 is 11.3 Å². The van der Waals surface area contributed by atoms with E-state index in [0.717, 1.165) is 11.3 Å². The van der Waals surface area contributed by atoms with Crippen LogP contribution in [0.5, 0.6) is 0 Å². The predicted octanol–water partition coefficient (Wildman–Crippen LogP) is 9.09. The molecule has 0 aliphatic heterocycles. The maximum Gasteiger partial charge on any atom is 0.0708 e. The molecule has 162 valence electrons. The van der Waals surface area contributed by atoms with Crippen LogP contribution in [-0.4, -0.2) is 4.98 Å². The third kappa shape index (κ3) is 2.69. The molecule has 2 heterocycles. The summed E-state index contributed by atoms with van der Waals surface area (Å²) in [5.41, 5.74) is 10.2. The zero-order valence-corrected chi connectivity index (χ0v) is 20.0. The SMILES string of the molecule is CC1(C)c2ccccc2-c2c1cc1c(sc3ccccc31)c2-c1ccnc(-c2ccccc2)c1. The predicted molar refractivity (Wildman–Crippen MR) is 146 cm³/mol. The van der Waals surface area contributed by atoms with E-state index < -0.39 is 0 Å². The normalized spacial score (nSPS) is 13.8. The summed E-state index contributed by atoms with van der Waals surface area (Å²) in [6.45, 7) is 4.73. The third-order valence-corrected chi connectivity index (χ3v) is 8.53. The lowest BCUT2D eigenvalue weighted by molar-refractivity contribution is 0.661. The fraction of sp³-hybridized carbons (Fsp3) is 0.0938. The Balaban J connectivity index is 1.63. The van der Waals surface area contributed by atoms with Crippen molar-refractivity contribution in [2.24, 2.45) is 0 Å². The minimum absolute atomic E-state index is 0.0484. The van der Waals surface area contributed by atoms with Gasteiger partial charge in [0.1, 0.15) is 0 Å². The molecule has 0 saturated carbocycles. The summed E-state index contributed by atoms with van der Waals surface area (Å²) >= 11 is 1.91. The van der Waals surface area contributed by atoms with Crippen molar-refractivity contribution in [3.05, 3.63) is 114 Å². The number of hydrogen-bond acceptors (Lipinski definition) is 2. The first-order valence-electron chi connectivity index (χ1n) is 11.7. The van der Waals surface area contributed by atoms with E-state index in [4.69, 9.17) is 4.98 Å². The van der Waals surface area contributed by atoms with Crippen LogP contribution < -0.4 is 0 Å². The Labute approximate surface area is 203 Å². The molecule has 2 aromatic heterocycles. The van der Waals surface area contributed by atoms with E-state index >= 15 is 0 Å². The Morgan fingerprint density at radius 2 is 1.41 bits per heavy atom. The molecule has 0 unspecified atom stereocenters. The molecule has 2 heteroatoms. The molecule has 0 saturated heterocycles. The lowest BCUT2D eigenvalue weighted by Gasteiger charge is -2.22. The zero-order valence-electron chi connectivity index (χ0n) is 19.2.